The van der Waals surface area contributed by atoms with Gasteiger partial charge in [0.05, 0.1) is 10.8 Å². The summed E-state index contributed by atoms with van der Waals surface area (Å²) in [6.07, 6.45) is 6.99. The summed E-state index contributed by atoms with van der Waals surface area (Å²) in [7, 11) is 0. The van der Waals surface area contributed by atoms with E-state index in [0.29, 0.717) is 0 Å². The number of para-hydroxylation sites is 1. The molecule has 3 rings (SSSR count). The van der Waals surface area contributed by atoms with E-state index in [1.54, 1.807) is 0 Å². The highest BCUT2D eigenvalue weighted by Gasteiger charge is 2.14. The van der Waals surface area contributed by atoms with E-state index in [4.69, 9.17) is 4.84 Å². The molecule has 21 heavy (non-hydrogen) atoms. The second-order valence-corrected chi connectivity index (χ2v) is 5.45. The van der Waals surface area contributed by atoms with Gasteiger partial charge in [0.2, 0.25) is 6.20 Å². The van der Waals surface area contributed by atoms with Crippen LogP contribution in [0, 0.1) is 0 Å². The lowest BCUT2D eigenvalue weighted by Gasteiger charge is -2.04. The third-order valence-corrected chi connectivity index (χ3v) is 3.88. The summed E-state index contributed by atoms with van der Waals surface area (Å²) >= 11 is 0. The van der Waals surface area contributed by atoms with Gasteiger partial charge in [-0.2, -0.15) is 0 Å². The molecule has 0 fully saturated rings. The second kappa shape index (κ2) is 6.57. The molecule has 0 aliphatic carbocycles. The van der Waals surface area contributed by atoms with Crippen LogP contribution in [0.5, 0.6) is 0 Å². The second-order valence-electron chi connectivity index (χ2n) is 5.45. The molecule has 0 N–H and O–H groups in total. The third kappa shape index (κ3) is 2.99. The summed E-state index contributed by atoms with van der Waals surface area (Å²) < 4.78 is 1.93. The van der Waals surface area contributed by atoms with Gasteiger partial charge in [-0.25, -0.2) is 0 Å². The predicted octanol–water partition coefficient (Wildman–Crippen LogP) is 4.29. The summed E-state index contributed by atoms with van der Waals surface area (Å²) in [4.78, 5) is 5.99. The van der Waals surface area contributed by atoms with Gasteiger partial charge in [-0.05, 0) is 25.0 Å². The number of unbranched alkanes of at least 4 members (excludes halogenated alkanes) is 3. The zero-order valence-corrected chi connectivity index (χ0v) is 12.6. The summed E-state index contributed by atoms with van der Waals surface area (Å²) in [5.74, 6) is 0. The highest BCUT2D eigenvalue weighted by molar-refractivity contribution is 6.03. The van der Waals surface area contributed by atoms with Crippen molar-refractivity contribution in [1.29, 1.82) is 0 Å². The molecule has 2 heteroatoms. The number of nitrogens with zero attached hydrogens (tertiary/aromatic N) is 1. The minimum Gasteiger partial charge on any atom is -0.271 e. The van der Waals surface area contributed by atoms with Gasteiger partial charge in [-0.3, -0.25) is 4.84 Å². The highest BCUT2D eigenvalue weighted by atomic mass is 16.7. The summed E-state index contributed by atoms with van der Waals surface area (Å²) in [5, 5.41) is 3.73. The van der Waals surface area contributed by atoms with Crippen molar-refractivity contribution < 1.29 is 9.57 Å². The van der Waals surface area contributed by atoms with E-state index in [2.05, 4.69) is 61.7 Å². The Morgan fingerprint density at radius 2 is 1.62 bits per heavy atom. The Morgan fingerprint density at radius 1 is 0.857 bits per heavy atom. The molecule has 108 valence electrons. The Hall–Kier alpha value is -2.09. The lowest BCUT2D eigenvalue weighted by Crippen LogP contribution is -2.43. The molecule has 0 aliphatic rings. The molecule has 0 atom stereocenters. The van der Waals surface area contributed by atoms with Gasteiger partial charge in [0.1, 0.15) is 0 Å². The van der Waals surface area contributed by atoms with Gasteiger partial charge in [0.25, 0.3) is 5.52 Å². The molecule has 1 aromatic heterocycles. The molecule has 3 aromatic rings. The lowest BCUT2D eigenvalue weighted by molar-refractivity contribution is -0.870. The van der Waals surface area contributed by atoms with Crippen LogP contribution in [0.4, 0.5) is 0 Å². The van der Waals surface area contributed by atoms with Crippen LogP contribution in [-0.2, 0) is 0 Å². The minimum atomic E-state index is 0.771. The van der Waals surface area contributed by atoms with Crippen molar-refractivity contribution in [2.45, 2.75) is 32.6 Å². The van der Waals surface area contributed by atoms with Crippen molar-refractivity contribution in [3.05, 3.63) is 54.7 Å². The van der Waals surface area contributed by atoms with E-state index < -0.39 is 0 Å². The van der Waals surface area contributed by atoms with E-state index in [0.717, 1.165) is 18.5 Å². The molecule has 0 aliphatic heterocycles. The van der Waals surface area contributed by atoms with Crippen molar-refractivity contribution in [2.24, 2.45) is 0 Å². The quantitative estimate of drug-likeness (QED) is 0.373. The van der Waals surface area contributed by atoms with E-state index in [9.17, 15) is 0 Å². The molecule has 0 saturated carbocycles. The molecular formula is C19H22NO+. The Morgan fingerprint density at radius 3 is 2.48 bits per heavy atom. The lowest BCUT2D eigenvalue weighted by atomic mass is 10.1. The molecule has 0 amide bonds. The zero-order chi connectivity index (χ0) is 14.5. The van der Waals surface area contributed by atoms with Gasteiger partial charge < -0.3 is 0 Å². The molecule has 0 radical (unpaired) electrons. The Kier molecular flexibility index (Phi) is 4.34. The predicted molar refractivity (Wildman–Crippen MR) is 87.2 cm³/mol. The topological polar surface area (TPSA) is 13.1 Å². The molecule has 0 spiro atoms. The van der Waals surface area contributed by atoms with Crippen LogP contribution in [0.1, 0.15) is 32.6 Å². The molecule has 2 aromatic carbocycles. The Bertz CT molecular complexity index is 736. The fraction of sp³-hybridized carbons (Fsp3) is 0.316. The van der Waals surface area contributed by atoms with Gasteiger partial charge in [0, 0.05) is 16.2 Å². The Balaban J connectivity index is 1.92. The first-order chi connectivity index (χ1) is 10.4. The van der Waals surface area contributed by atoms with Crippen molar-refractivity contribution >= 4 is 21.7 Å². The molecule has 0 saturated heterocycles. The molecule has 2 nitrogen and oxygen atoms in total. The first-order valence-electron chi connectivity index (χ1n) is 7.85. The fourth-order valence-electron chi connectivity index (χ4n) is 2.74. The van der Waals surface area contributed by atoms with Crippen molar-refractivity contribution in [3.8, 4) is 0 Å². The molecule has 0 unspecified atom stereocenters. The fourth-order valence-corrected chi connectivity index (χ4v) is 2.74. The van der Waals surface area contributed by atoms with Crippen LogP contribution in [0.15, 0.2) is 54.7 Å². The van der Waals surface area contributed by atoms with Gasteiger partial charge >= 0.3 is 0 Å². The van der Waals surface area contributed by atoms with E-state index in [1.807, 2.05) is 4.73 Å². The van der Waals surface area contributed by atoms with Crippen molar-refractivity contribution in [3.63, 3.8) is 0 Å². The molecule has 1 heterocycles. The van der Waals surface area contributed by atoms with E-state index in [1.165, 1.54) is 35.4 Å². The maximum absolute atomic E-state index is 5.99. The first-order valence-corrected chi connectivity index (χ1v) is 7.85. The minimum absolute atomic E-state index is 0.771. The van der Waals surface area contributed by atoms with Gasteiger partial charge in [-0.15, -0.1) is 0 Å². The van der Waals surface area contributed by atoms with Gasteiger partial charge in [0.15, 0.2) is 6.61 Å². The van der Waals surface area contributed by atoms with Crippen molar-refractivity contribution in [1.82, 2.24) is 0 Å². The molecule has 0 bridgehead atoms. The van der Waals surface area contributed by atoms with Crippen LogP contribution < -0.4 is 9.57 Å². The number of aromatic nitrogens is 1. The normalized spacial score (nSPS) is 11.1. The average Bonchev–Trinajstić information content (AvgIpc) is 2.54. The maximum atomic E-state index is 5.99. The summed E-state index contributed by atoms with van der Waals surface area (Å²) in [5.41, 5.74) is 1.13. The smallest absolute Gasteiger partial charge is 0.265 e. The Labute approximate surface area is 125 Å². The van der Waals surface area contributed by atoms with Crippen molar-refractivity contribution in [2.75, 3.05) is 6.61 Å². The first kappa shape index (κ1) is 13.9. The number of hydrogen-bond acceptors (Lipinski definition) is 1. The number of fused-ring (bicyclic) bond motifs is 3. The number of pyridine rings is 1. The average molecular weight is 280 g/mol. The zero-order valence-electron chi connectivity index (χ0n) is 12.6. The van der Waals surface area contributed by atoms with Crippen LogP contribution in [0.3, 0.4) is 0 Å². The number of rotatable bonds is 6. The van der Waals surface area contributed by atoms with E-state index in [-0.39, 0.29) is 0 Å². The van der Waals surface area contributed by atoms with Crippen LogP contribution >= 0.6 is 0 Å². The van der Waals surface area contributed by atoms with Gasteiger partial charge in [-0.1, -0.05) is 50.1 Å². The molecular weight excluding hydrogens is 258 g/mol. The standard InChI is InChI=1S/C19H22NO/c1-2-3-4-9-14-21-20-15-16-10-5-6-11-17(16)18-12-7-8-13-19(18)20/h5-8,10-13,15H,2-4,9,14H2,1H3/q+1. The van der Waals surface area contributed by atoms with E-state index >= 15 is 0 Å². The highest BCUT2D eigenvalue weighted by Crippen LogP contribution is 2.21. The largest absolute Gasteiger partial charge is 0.271 e. The SMILES string of the molecule is CCCCCCO[n+]1cc2ccccc2c2ccccc21. The van der Waals surface area contributed by atoms with Crippen LogP contribution in [-0.4, -0.2) is 6.61 Å². The van der Waals surface area contributed by atoms with Crippen LogP contribution in [0.25, 0.3) is 21.7 Å². The number of benzene rings is 2. The number of hydrogen-bond donors (Lipinski definition) is 0. The summed E-state index contributed by atoms with van der Waals surface area (Å²) in [6.45, 7) is 3.00. The third-order valence-electron chi connectivity index (χ3n) is 3.88. The van der Waals surface area contributed by atoms with Crippen LogP contribution in [0.2, 0.25) is 0 Å². The monoisotopic (exact) mass is 280 g/mol. The maximum Gasteiger partial charge on any atom is 0.265 e. The summed E-state index contributed by atoms with van der Waals surface area (Å²) in [6, 6.07) is 16.9.